The number of carboxylic acids is 1. The van der Waals surface area contributed by atoms with Crippen molar-refractivity contribution in [2.24, 2.45) is 5.41 Å². The Bertz CT molecular complexity index is 346. The number of rotatable bonds is 9. The normalized spacial score (nSPS) is 17.1. The van der Waals surface area contributed by atoms with Gasteiger partial charge < -0.3 is 15.1 Å². The molecule has 2 N–H and O–H groups in total. The highest BCUT2D eigenvalue weighted by Gasteiger charge is 2.39. The molecule has 1 amide bonds. The van der Waals surface area contributed by atoms with Crippen molar-refractivity contribution in [1.29, 1.82) is 0 Å². The highest BCUT2D eigenvalue weighted by molar-refractivity contribution is 5.78. The van der Waals surface area contributed by atoms with Gasteiger partial charge in [-0.05, 0) is 31.1 Å². The van der Waals surface area contributed by atoms with E-state index in [0.29, 0.717) is 13.0 Å². The molecule has 0 aromatic heterocycles. The van der Waals surface area contributed by atoms with Crippen molar-refractivity contribution in [1.82, 2.24) is 4.90 Å². The molecular weight excluding hydrogens is 270 g/mol. The first-order valence-corrected chi connectivity index (χ1v) is 8.10. The lowest BCUT2D eigenvalue weighted by Gasteiger charge is -2.34. The van der Waals surface area contributed by atoms with Crippen LogP contribution in [0.4, 0.5) is 0 Å². The van der Waals surface area contributed by atoms with E-state index in [2.05, 4.69) is 0 Å². The Morgan fingerprint density at radius 2 is 1.71 bits per heavy atom. The van der Waals surface area contributed by atoms with Crippen LogP contribution in [0.15, 0.2) is 0 Å². The minimum absolute atomic E-state index is 0.000833. The maximum Gasteiger partial charge on any atom is 0.303 e. The van der Waals surface area contributed by atoms with E-state index in [-0.39, 0.29) is 30.4 Å². The summed E-state index contributed by atoms with van der Waals surface area (Å²) in [7, 11) is 0. The summed E-state index contributed by atoms with van der Waals surface area (Å²) in [5.74, 6) is -0.818. The van der Waals surface area contributed by atoms with Gasteiger partial charge in [0.1, 0.15) is 0 Å². The Kier molecular flexibility index (Phi) is 7.15. The highest BCUT2D eigenvalue weighted by atomic mass is 16.4. The van der Waals surface area contributed by atoms with E-state index in [1.54, 1.807) is 4.90 Å². The molecule has 0 radical (unpaired) electrons. The van der Waals surface area contributed by atoms with Gasteiger partial charge in [0.2, 0.25) is 5.91 Å². The maximum absolute atomic E-state index is 12.7. The summed E-state index contributed by atoms with van der Waals surface area (Å²) in [6.07, 6.45) is 5.74. The molecule has 5 nitrogen and oxygen atoms in total. The molecule has 1 fully saturated rings. The first-order chi connectivity index (χ1) is 9.98. The van der Waals surface area contributed by atoms with Crippen LogP contribution < -0.4 is 0 Å². The van der Waals surface area contributed by atoms with E-state index in [9.17, 15) is 14.7 Å². The number of nitrogens with zero attached hydrogens (tertiary/aromatic N) is 1. The van der Waals surface area contributed by atoms with Gasteiger partial charge in [-0.25, -0.2) is 0 Å². The fraction of sp³-hybridized carbons (Fsp3) is 0.875. The van der Waals surface area contributed by atoms with Crippen LogP contribution in [0.25, 0.3) is 0 Å². The molecule has 0 aliphatic heterocycles. The van der Waals surface area contributed by atoms with Gasteiger partial charge in [0, 0.05) is 19.0 Å². The van der Waals surface area contributed by atoms with E-state index >= 15 is 0 Å². The Labute approximate surface area is 127 Å². The van der Waals surface area contributed by atoms with Crippen LogP contribution in [0, 0.1) is 5.41 Å². The van der Waals surface area contributed by atoms with Gasteiger partial charge in [-0.2, -0.15) is 0 Å². The fourth-order valence-corrected chi connectivity index (χ4v) is 3.63. The van der Waals surface area contributed by atoms with Crippen molar-refractivity contribution in [2.75, 3.05) is 13.2 Å². The summed E-state index contributed by atoms with van der Waals surface area (Å²) in [5.41, 5.74) is -0.372. The standard InChI is InChI=1S/C16H29NO4/c1-3-13(4-2)17(9-10-18)14(19)11-16(12-15(20)21)7-5-6-8-16/h13,18H,3-12H2,1-2H3,(H,20,21). The summed E-state index contributed by atoms with van der Waals surface area (Å²) in [4.78, 5) is 25.5. The van der Waals surface area contributed by atoms with Gasteiger partial charge in [0.05, 0.1) is 13.0 Å². The molecule has 0 atom stereocenters. The van der Waals surface area contributed by atoms with Crippen molar-refractivity contribution >= 4 is 11.9 Å². The molecule has 1 saturated carbocycles. The smallest absolute Gasteiger partial charge is 0.303 e. The van der Waals surface area contributed by atoms with Crippen LogP contribution >= 0.6 is 0 Å². The molecule has 0 aromatic rings. The number of carbonyl (C=O) groups excluding carboxylic acids is 1. The predicted molar refractivity (Wildman–Crippen MR) is 80.9 cm³/mol. The fourth-order valence-electron chi connectivity index (χ4n) is 3.63. The molecule has 0 bridgehead atoms. The lowest BCUT2D eigenvalue weighted by Crippen LogP contribution is -2.43. The average Bonchev–Trinajstić information content (AvgIpc) is 2.86. The molecular formula is C16H29NO4. The maximum atomic E-state index is 12.7. The number of aliphatic hydroxyl groups is 1. The number of aliphatic hydroxyl groups excluding tert-OH is 1. The molecule has 0 spiro atoms. The van der Waals surface area contributed by atoms with Gasteiger partial charge in [-0.15, -0.1) is 0 Å². The summed E-state index contributed by atoms with van der Waals surface area (Å²) in [5, 5.41) is 18.3. The number of amides is 1. The Hall–Kier alpha value is -1.10. The summed E-state index contributed by atoms with van der Waals surface area (Å²) in [6, 6.07) is 0.132. The van der Waals surface area contributed by atoms with Crippen LogP contribution in [-0.4, -0.2) is 46.2 Å². The molecule has 0 aromatic carbocycles. The van der Waals surface area contributed by atoms with Crippen LogP contribution in [0.3, 0.4) is 0 Å². The van der Waals surface area contributed by atoms with Crippen LogP contribution in [-0.2, 0) is 9.59 Å². The predicted octanol–water partition coefficient (Wildman–Crippen LogP) is 2.42. The van der Waals surface area contributed by atoms with Crippen molar-refractivity contribution < 1.29 is 19.8 Å². The first-order valence-electron chi connectivity index (χ1n) is 8.10. The second kappa shape index (κ2) is 8.37. The third-order valence-corrected chi connectivity index (χ3v) is 4.76. The third-order valence-electron chi connectivity index (χ3n) is 4.76. The van der Waals surface area contributed by atoms with Crippen molar-refractivity contribution in [3.05, 3.63) is 0 Å². The zero-order chi connectivity index (χ0) is 15.9. The van der Waals surface area contributed by atoms with Crippen LogP contribution in [0.5, 0.6) is 0 Å². The van der Waals surface area contributed by atoms with Crippen molar-refractivity contribution in [2.45, 2.75) is 71.3 Å². The third kappa shape index (κ3) is 4.99. The molecule has 0 saturated heterocycles. The van der Waals surface area contributed by atoms with Gasteiger partial charge in [-0.1, -0.05) is 26.7 Å². The molecule has 5 heteroatoms. The van der Waals surface area contributed by atoms with Gasteiger partial charge in [-0.3, -0.25) is 9.59 Å². The van der Waals surface area contributed by atoms with E-state index in [1.165, 1.54) is 0 Å². The second-order valence-corrected chi connectivity index (χ2v) is 6.24. The molecule has 1 aliphatic carbocycles. The minimum Gasteiger partial charge on any atom is -0.481 e. The largest absolute Gasteiger partial charge is 0.481 e. The number of hydrogen-bond donors (Lipinski definition) is 2. The molecule has 0 heterocycles. The lowest BCUT2D eigenvalue weighted by atomic mass is 9.79. The van der Waals surface area contributed by atoms with Crippen LogP contribution in [0.2, 0.25) is 0 Å². The molecule has 1 aliphatic rings. The second-order valence-electron chi connectivity index (χ2n) is 6.24. The first kappa shape index (κ1) is 18.0. The topological polar surface area (TPSA) is 77.8 Å². The number of carboxylic acid groups (broad SMARTS) is 1. The molecule has 21 heavy (non-hydrogen) atoms. The van der Waals surface area contributed by atoms with E-state index in [0.717, 1.165) is 38.5 Å². The van der Waals surface area contributed by atoms with Gasteiger partial charge >= 0.3 is 5.97 Å². The Morgan fingerprint density at radius 1 is 1.14 bits per heavy atom. The summed E-state index contributed by atoms with van der Waals surface area (Å²) in [6.45, 7) is 4.37. The number of aliphatic carboxylic acids is 1. The van der Waals surface area contributed by atoms with Crippen molar-refractivity contribution in [3.63, 3.8) is 0 Å². The quantitative estimate of drug-likeness (QED) is 0.685. The summed E-state index contributed by atoms with van der Waals surface area (Å²) >= 11 is 0. The summed E-state index contributed by atoms with van der Waals surface area (Å²) < 4.78 is 0. The van der Waals surface area contributed by atoms with E-state index in [1.807, 2.05) is 13.8 Å². The Morgan fingerprint density at radius 3 is 2.14 bits per heavy atom. The van der Waals surface area contributed by atoms with Gasteiger partial charge in [0.25, 0.3) is 0 Å². The molecule has 1 rings (SSSR count). The molecule has 122 valence electrons. The SMILES string of the molecule is CCC(CC)N(CCO)C(=O)CC1(CC(=O)O)CCCC1. The van der Waals surface area contributed by atoms with E-state index in [4.69, 9.17) is 5.11 Å². The van der Waals surface area contributed by atoms with Crippen LogP contribution in [0.1, 0.15) is 65.2 Å². The number of carbonyl (C=O) groups is 2. The average molecular weight is 299 g/mol. The Balaban J connectivity index is 2.80. The van der Waals surface area contributed by atoms with Crippen molar-refractivity contribution in [3.8, 4) is 0 Å². The zero-order valence-electron chi connectivity index (χ0n) is 13.3. The highest BCUT2D eigenvalue weighted by Crippen LogP contribution is 2.44. The lowest BCUT2D eigenvalue weighted by molar-refractivity contribution is -0.142. The number of hydrogen-bond acceptors (Lipinski definition) is 3. The molecule has 0 unspecified atom stereocenters. The zero-order valence-corrected chi connectivity index (χ0v) is 13.3. The minimum atomic E-state index is -0.819. The monoisotopic (exact) mass is 299 g/mol. The van der Waals surface area contributed by atoms with Gasteiger partial charge in [0.15, 0.2) is 0 Å². The van der Waals surface area contributed by atoms with E-state index < -0.39 is 5.97 Å².